The van der Waals surface area contributed by atoms with Gasteiger partial charge in [-0.2, -0.15) is 0 Å². The lowest BCUT2D eigenvalue weighted by atomic mass is 9.85. The highest BCUT2D eigenvalue weighted by atomic mass is 16.1. The Balaban J connectivity index is 1.61. The van der Waals surface area contributed by atoms with Gasteiger partial charge in [-0.05, 0) is 25.7 Å². The SMILES string of the molecule is O=C(NCc1nnc2n1CCCC2)C1CCC1. The van der Waals surface area contributed by atoms with Crippen LogP contribution in [0.15, 0.2) is 0 Å². The second-order valence-corrected chi connectivity index (χ2v) is 4.99. The average Bonchev–Trinajstić information content (AvgIpc) is 2.67. The Morgan fingerprint density at radius 3 is 2.94 bits per heavy atom. The van der Waals surface area contributed by atoms with Crippen LogP contribution in [0, 0.1) is 5.92 Å². The third kappa shape index (κ3) is 2.06. The first-order valence-corrected chi connectivity index (χ1v) is 6.53. The largest absolute Gasteiger partial charge is 0.349 e. The van der Waals surface area contributed by atoms with Gasteiger partial charge in [-0.25, -0.2) is 0 Å². The fraction of sp³-hybridized carbons (Fsp3) is 0.750. The van der Waals surface area contributed by atoms with Crippen molar-refractivity contribution in [2.45, 2.75) is 51.6 Å². The number of hydrogen-bond acceptors (Lipinski definition) is 3. The maximum absolute atomic E-state index is 11.7. The van der Waals surface area contributed by atoms with Gasteiger partial charge in [-0.3, -0.25) is 4.79 Å². The van der Waals surface area contributed by atoms with E-state index in [1.165, 1.54) is 19.3 Å². The molecule has 0 saturated heterocycles. The lowest BCUT2D eigenvalue weighted by Gasteiger charge is -2.24. The molecule has 17 heavy (non-hydrogen) atoms. The second kappa shape index (κ2) is 4.47. The van der Waals surface area contributed by atoms with Crippen molar-refractivity contribution in [1.82, 2.24) is 20.1 Å². The summed E-state index contributed by atoms with van der Waals surface area (Å²) in [6, 6.07) is 0. The summed E-state index contributed by atoms with van der Waals surface area (Å²) in [7, 11) is 0. The van der Waals surface area contributed by atoms with Crippen molar-refractivity contribution in [1.29, 1.82) is 0 Å². The Bertz CT molecular complexity index is 422. The predicted molar refractivity (Wildman–Crippen MR) is 62.1 cm³/mol. The molecule has 1 N–H and O–H groups in total. The molecule has 0 unspecified atom stereocenters. The quantitative estimate of drug-likeness (QED) is 0.849. The van der Waals surface area contributed by atoms with Gasteiger partial charge < -0.3 is 9.88 Å². The van der Waals surface area contributed by atoms with Crippen LogP contribution >= 0.6 is 0 Å². The third-order valence-corrected chi connectivity index (χ3v) is 3.83. The van der Waals surface area contributed by atoms with E-state index in [1.54, 1.807) is 0 Å². The molecule has 1 aromatic rings. The van der Waals surface area contributed by atoms with E-state index < -0.39 is 0 Å². The van der Waals surface area contributed by atoms with E-state index in [4.69, 9.17) is 0 Å². The van der Waals surface area contributed by atoms with Crippen LogP contribution in [0.3, 0.4) is 0 Å². The van der Waals surface area contributed by atoms with Gasteiger partial charge >= 0.3 is 0 Å². The Hall–Kier alpha value is -1.39. The number of rotatable bonds is 3. The van der Waals surface area contributed by atoms with Crippen molar-refractivity contribution < 1.29 is 4.79 Å². The molecule has 0 atom stereocenters. The van der Waals surface area contributed by atoms with Crippen molar-refractivity contribution >= 4 is 5.91 Å². The van der Waals surface area contributed by atoms with E-state index in [0.717, 1.165) is 37.5 Å². The standard InChI is InChI=1S/C12H18N4O/c17-12(9-4-3-5-9)13-8-11-15-14-10-6-1-2-7-16(10)11/h9H,1-8H2,(H,13,17). The van der Waals surface area contributed by atoms with Crippen LogP contribution in [0.1, 0.15) is 43.8 Å². The molecule has 1 saturated carbocycles. The van der Waals surface area contributed by atoms with Crippen LogP contribution in [0.25, 0.3) is 0 Å². The monoisotopic (exact) mass is 234 g/mol. The molecule has 3 rings (SSSR count). The first-order valence-electron chi connectivity index (χ1n) is 6.53. The zero-order valence-corrected chi connectivity index (χ0v) is 9.98. The highest BCUT2D eigenvalue weighted by Crippen LogP contribution is 2.26. The van der Waals surface area contributed by atoms with Crippen molar-refractivity contribution in [3.05, 3.63) is 11.6 Å². The zero-order valence-electron chi connectivity index (χ0n) is 9.98. The number of carbonyl (C=O) groups is 1. The first-order chi connectivity index (χ1) is 8.34. The van der Waals surface area contributed by atoms with Crippen LogP contribution in [0.5, 0.6) is 0 Å². The molecule has 5 nitrogen and oxygen atoms in total. The van der Waals surface area contributed by atoms with Crippen LogP contribution in [0.4, 0.5) is 0 Å². The lowest BCUT2D eigenvalue weighted by Crippen LogP contribution is -2.34. The summed E-state index contributed by atoms with van der Waals surface area (Å²) < 4.78 is 2.16. The number of fused-ring (bicyclic) bond motifs is 1. The molecule has 1 aliphatic heterocycles. The van der Waals surface area contributed by atoms with Crippen LogP contribution in [0.2, 0.25) is 0 Å². The topological polar surface area (TPSA) is 59.8 Å². The van der Waals surface area contributed by atoms with Crippen molar-refractivity contribution in [3.8, 4) is 0 Å². The van der Waals surface area contributed by atoms with Crippen LogP contribution in [-0.2, 0) is 24.3 Å². The number of amides is 1. The van der Waals surface area contributed by atoms with Gasteiger partial charge in [0.25, 0.3) is 0 Å². The molecule has 1 aromatic heterocycles. The fourth-order valence-electron chi connectivity index (χ4n) is 2.48. The summed E-state index contributed by atoms with van der Waals surface area (Å²) in [4.78, 5) is 11.7. The van der Waals surface area contributed by atoms with E-state index in [-0.39, 0.29) is 11.8 Å². The van der Waals surface area contributed by atoms with Gasteiger partial charge in [-0.1, -0.05) is 6.42 Å². The van der Waals surface area contributed by atoms with E-state index in [0.29, 0.717) is 6.54 Å². The van der Waals surface area contributed by atoms with Crippen molar-refractivity contribution in [2.24, 2.45) is 5.92 Å². The first kappa shape index (κ1) is 10.7. The summed E-state index contributed by atoms with van der Waals surface area (Å²) in [5, 5.41) is 11.3. The number of carbonyl (C=O) groups excluding carboxylic acids is 1. The van der Waals surface area contributed by atoms with Gasteiger partial charge in [0.1, 0.15) is 5.82 Å². The molecule has 2 heterocycles. The number of hydrogen-bond donors (Lipinski definition) is 1. The van der Waals surface area contributed by atoms with Crippen LogP contribution in [-0.4, -0.2) is 20.7 Å². The smallest absolute Gasteiger partial charge is 0.223 e. The summed E-state index contributed by atoms with van der Waals surface area (Å²) in [5.74, 6) is 2.42. The molecule has 92 valence electrons. The molecule has 0 radical (unpaired) electrons. The minimum absolute atomic E-state index is 0.185. The van der Waals surface area contributed by atoms with Gasteiger partial charge in [-0.15, -0.1) is 10.2 Å². The minimum Gasteiger partial charge on any atom is -0.349 e. The van der Waals surface area contributed by atoms with Gasteiger partial charge in [0, 0.05) is 18.9 Å². The molecule has 0 aromatic carbocycles. The third-order valence-electron chi connectivity index (χ3n) is 3.83. The molecule has 0 bridgehead atoms. The van der Waals surface area contributed by atoms with Crippen molar-refractivity contribution in [2.75, 3.05) is 0 Å². The zero-order chi connectivity index (χ0) is 11.7. The maximum atomic E-state index is 11.7. The number of nitrogens with one attached hydrogen (secondary N) is 1. The van der Waals surface area contributed by atoms with E-state index in [9.17, 15) is 4.79 Å². The fourth-order valence-corrected chi connectivity index (χ4v) is 2.48. The van der Waals surface area contributed by atoms with E-state index in [2.05, 4.69) is 20.1 Å². The highest BCUT2D eigenvalue weighted by molar-refractivity contribution is 5.79. The molecule has 1 amide bonds. The lowest BCUT2D eigenvalue weighted by molar-refractivity contribution is -0.127. The highest BCUT2D eigenvalue weighted by Gasteiger charge is 2.25. The molecule has 0 spiro atoms. The molecular weight excluding hydrogens is 216 g/mol. The maximum Gasteiger partial charge on any atom is 0.223 e. The average molecular weight is 234 g/mol. The molecule has 5 heteroatoms. The van der Waals surface area contributed by atoms with Gasteiger partial charge in [0.05, 0.1) is 6.54 Å². The summed E-state index contributed by atoms with van der Waals surface area (Å²) in [5.41, 5.74) is 0. The Kier molecular flexibility index (Phi) is 2.82. The normalized spacial score (nSPS) is 19.5. The molecule has 1 aliphatic carbocycles. The predicted octanol–water partition coefficient (Wildman–Crippen LogP) is 1.03. The van der Waals surface area contributed by atoms with E-state index >= 15 is 0 Å². The van der Waals surface area contributed by atoms with E-state index in [1.807, 2.05) is 0 Å². The number of aryl methyl sites for hydroxylation is 1. The van der Waals surface area contributed by atoms with Crippen molar-refractivity contribution in [3.63, 3.8) is 0 Å². The van der Waals surface area contributed by atoms with Crippen LogP contribution < -0.4 is 5.32 Å². The van der Waals surface area contributed by atoms with Gasteiger partial charge in [0.2, 0.25) is 5.91 Å². The summed E-state index contributed by atoms with van der Waals surface area (Å²) >= 11 is 0. The summed E-state index contributed by atoms with van der Waals surface area (Å²) in [6.45, 7) is 1.53. The Morgan fingerprint density at radius 2 is 2.18 bits per heavy atom. The molecule has 1 fully saturated rings. The minimum atomic E-state index is 0.185. The molecule has 2 aliphatic rings. The summed E-state index contributed by atoms with van der Waals surface area (Å²) in [6.07, 6.45) is 6.69. The molecular formula is C12H18N4O. The number of aromatic nitrogens is 3. The second-order valence-electron chi connectivity index (χ2n) is 4.99. The number of nitrogens with zero attached hydrogens (tertiary/aromatic N) is 3. The Morgan fingerprint density at radius 1 is 1.29 bits per heavy atom. The Labute approximate surface area is 101 Å². The van der Waals surface area contributed by atoms with Gasteiger partial charge in [0.15, 0.2) is 5.82 Å².